The summed E-state index contributed by atoms with van der Waals surface area (Å²) in [7, 11) is 0. The average molecular weight is 273 g/mol. The lowest BCUT2D eigenvalue weighted by molar-refractivity contribution is -0.143. The second-order valence-corrected chi connectivity index (χ2v) is 5.36. The highest BCUT2D eigenvalue weighted by Gasteiger charge is 2.36. The van der Waals surface area contributed by atoms with E-state index in [1.807, 2.05) is 18.2 Å². The van der Waals surface area contributed by atoms with Crippen LogP contribution in [0.1, 0.15) is 25.3 Å². The SMILES string of the molecule is CC(CNC(=O)C1CC=CC1)(C(=O)O)c1ccccc1. The van der Waals surface area contributed by atoms with Crippen LogP contribution in [0, 0.1) is 5.92 Å². The van der Waals surface area contributed by atoms with Crippen molar-refractivity contribution < 1.29 is 14.7 Å². The van der Waals surface area contributed by atoms with Crippen LogP contribution in [0.15, 0.2) is 42.5 Å². The summed E-state index contributed by atoms with van der Waals surface area (Å²) in [6.45, 7) is 1.74. The van der Waals surface area contributed by atoms with Gasteiger partial charge in [0.15, 0.2) is 0 Å². The molecule has 0 fully saturated rings. The van der Waals surface area contributed by atoms with Crippen molar-refractivity contribution >= 4 is 11.9 Å². The molecule has 1 aromatic rings. The highest BCUT2D eigenvalue weighted by molar-refractivity contribution is 5.84. The summed E-state index contributed by atoms with van der Waals surface area (Å²) in [5.74, 6) is -1.06. The molecule has 0 bridgehead atoms. The lowest BCUT2D eigenvalue weighted by Gasteiger charge is -2.26. The number of nitrogens with one attached hydrogen (secondary N) is 1. The van der Waals surface area contributed by atoms with E-state index >= 15 is 0 Å². The maximum atomic E-state index is 12.0. The van der Waals surface area contributed by atoms with Gasteiger partial charge in [-0.05, 0) is 25.3 Å². The average Bonchev–Trinajstić information content (AvgIpc) is 2.99. The summed E-state index contributed by atoms with van der Waals surface area (Å²) in [6, 6.07) is 9.00. The molecule has 1 amide bonds. The minimum atomic E-state index is -1.11. The van der Waals surface area contributed by atoms with Gasteiger partial charge in [0.05, 0.1) is 0 Å². The Bertz CT molecular complexity index is 516. The summed E-state index contributed by atoms with van der Waals surface area (Å²) >= 11 is 0. The van der Waals surface area contributed by atoms with Crippen LogP contribution >= 0.6 is 0 Å². The summed E-state index contributed by atoms with van der Waals surface area (Å²) < 4.78 is 0. The molecule has 0 aromatic heterocycles. The molecular weight excluding hydrogens is 254 g/mol. The van der Waals surface area contributed by atoms with Crippen LogP contribution < -0.4 is 5.32 Å². The molecule has 0 heterocycles. The molecule has 2 N–H and O–H groups in total. The maximum Gasteiger partial charge on any atom is 0.315 e. The van der Waals surface area contributed by atoms with Crippen molar-refractivity contribution in [3.05, 3.63) is 48.0 Å². The van der Waals surface area contributed by atoms with Crippen LogP contribution in [-0.4, -0.2) is 23.5 Å². The van der Waals surface area contributed by atoms with Gasteiger partial charge in [-0.1, -0.05) is 42.5 Å². The van der Waals surface area contributed by atoms with Gasteiger partial charge in [-0.25, -0.2) is 0 Å². The summed E-state index contributed by atoms with van der Waals surface area (Å²) in [5.41, 5.74) is -0.416. The zero-order valence-electron chi connectivity index (χ0n) is 11.5. The molecule has 2 rings (SSSR count). The molecule has 0 aliphatic heterocycles. The highest BCUT2D eigenvalue weighted by atomic mass is 16.4. The zero-order valence-corrected chi connectivity index (χ0v) is 11.5. The molecule has 20 heavy (non-hydrogen) atoms. The molecule has 0 spiro atoms. The molecule has 4 heteroatoms. The second kappa shape index (κ2) is 5.90. The molecule has 1 atom stereocenters. The Kier molecular flexibility index (Phi) is 4.23. The Balaban J connectivity index is 2.06. The first-order valence-corrected chi connectivity index (χ1v) is 6.75. The third kappa shape index (κ3) is 2.90. The normalized spacial score (nSPS) is 17.6. The summed E-state index contributed by atoms with van der Waals surface area (Å²) in [6.07, 6.45) is 5.44. The third-order valence-electron chi connectivity index (χ3n) is 3.88. The second-order valence-electron chi connectivity index (χ2n) is 5.36. The van der Waals surface area contributed by atoms with Gasteiger partial charge in [-0.3, -0.25) is 9.59 Å². The Morgan fingerprint density at radius 1 is 1.25 bits per heavy atom. The fraction of sp³-hybridized carbons (Fsp3) is 0.375. The van der Waals surface area contributed by atoms with Crippen molar-refractivity contribution in [3.63, 3.8) is 0 Å². The topological polar surface area (TPSA) is 66.4 Å². The van der Waals surface area contributed by atoms with Crippen LogP contribution in [0.4, 0.5) is 0 Å². The van der Waals surface area contributed by atoms with E-state index in [1.54, 1.807) is 31.2 Å². The van der Waals surface area contributed by atoms with Crippen LogP contribution in [0.5, 0.6) is 0 Å². The first-order valence-electron chi connectivity index (χ1n) is 6.75. The lowest BCUT2D eigenvalue weighted by atomic mass is 9.82. The van der Waals surface area contributed by atoms with Crippen LogP contribution in [0.25, 0.3) is 0 Å². The van der Waals surface area contributed by atoms with Gasteiger partial charge < -0.3 is 10.4 Å². The quantitative estimate of drug-likeness (QED) is 0.807. The Morgan fingerprint density at radius 3 is 2.40 bits per heavy atom. The molecule has 4 nitrogen and oxygen atoms in total. The number of aliphatic carboxylic acids is 1. The Labute approximate surface area is 118 Å². The molecule has 0 saturated heterocycles. The van der Waals surface area contributed by atoms with Crippen molar-refractivity contribution in [1.29, 1.82) is 0 Å². The fourth-order valence-corrected chi connectivity index (χ4v) is 2.35. The third-order valence-corrected chi connectivity index (χ3v) is 3.88. The number of allylic oxidation sites excluding steroid dienone is 2. The van der Waals surface area contributed by atoms with E-state index in [4.69, 9.17) is 0 Å². The predicted octanol–water partition coefficient (Wildman–Crippen LogP) is 2.11. The minimum Gasteiger partial charge on any atom is -0.481 e. The number of rotatable bonds is 5. The van der Waals surface area contributed by atoms with Gasteiger partial charge in [-0.15, -0.1) is 0 Å². The molecule has 106 valence electrons. The maximum absolute atomic E-state index is 12.0. The van der Waals surface area contributed by atoms with Crippen molar-refractivity contribution in [1.82, 2.24) is 5.32 Å². The van der Waals surface area contributed by atoms with Crippen LogP contribution in [-0.2, 0) is 15.0 Å². The molecule has 0 saturated carbocycles. The highest BCUT2D eigenvalue weighted by Crippen LogP contribution is 2.24. The lowest BCUT2D eigenvalue weighted by Crippen LogP contribution is -2.45. The summed E-state index contributed by atoms with van der Waals surface area (Å²) in [4.78, 5) is 23.6. The molecule has 1 aliphatic rings. The van der Waals surface area contributed by atoms with Crippen molar-refractivity contribution in [2.75, 3.05) is 6.54 Å². The van der Waals surface area contributed by atoms with Gasteiger partial charge in [0.2, 0.25) is 5.91 Å². The number of hydrogen-bond acceptors (Lipinski definition) is 2. The molecule has 1 aliphatic carbocycles. The standard InChI is InChI=1S/C16H19NO3/c1-16(15(19)20,13-9-3-2-4-10-13)11-17-14(18)12-7-5-6-8-12/h2-6,9-10,12H,7-8,11H2,1H3,(H,17,18)(H,19,20). The van der Waals surface area contributed by atoms with Crippen molar-refractivity contribution in [2.24, 2.45) is 5.92 Å². The van der Waals surface area contributed by atoms with E-state index < -0.39 is 11.4 Å². The van der Waals surface area contributed by atoms with Crippen LogP contribution in [0.3, 0.4) is 0 Å². The monoisotopic (exact) mass is 273 g/mol. The molecule has 1 unspecified atom stereocenters. The number of amides is 1. The number of hydrogen-bond donors (Lipinski definition) is 2. The smallest absolute Gasteiger partial charge is 0.315 e. The number of carbonyl (C=O) groups is 2. The number of carbonyl (C=O) groups excluding carboxylic acids is 1. The van der Waals surface area contributed by atoms with E-state index in [-0.39, 0.29) is 18.4 Å². The van der Waals surface area contributed by atoms with E-state index in [1.165, 1.54) is 0 Å². The fourth-order valence-electron chi connectivity index (χ4n) is 2.35. The van der Waals surface area contributed by atoms with E-state index in [9.17, 15) is 14.7 Å². The van der Waals surface area contributed by atoms with Gasteiger partial charge in [-0.2, -0.15) is 0 Å². The number of carboxylic acid groups (broad SMARTS) is 1. The first kappa shape index (κ1) is 14.3. The van der Waals surface area contributed by atoms with Gasteiger partial charge >= 0.3 is 5.97 Å². The summed E-state index contributed by atoms with van der Waals surface area (Å²) in [5, 5.41) is 12.3. The molecular formula is C16H19NO3. The Morgan fingerprint density at radius 2 is 1.85 bits per heavy atom. The predicted molar refractivity (Wildman–Crippen MR) is 76.3 cm³/mol. The largest absolute Gasteiger partial charge is 0.481 e. The van der Waals surface area contributed by atoms with Crippen molar-refractivity contribution in [2.45, 2.75) is 25.2 Å². The van der Waals surface area contributed by atoms with Crippen molar-refractivity contribution in [3.8, 4) is 0 Å². The number of benzene rings is 1. The van der Waals surface area contributed by atoms with Crippen LogP contribution in [0.2, 0.25) is 0 Å². The first-order chi connectivity index (χ1) is 9.54. The minimum absolute atomic E-state index is 0.0520. The van der Waals surface area contributed by atoms with Gasteiger partial charge in [0.25, 0.3) is 0 Å². The Hall–Kier alpha value is -2.10. The number of carboxylic acids is 1. The van der Waals surface area contributed by atoms with E-state index in [2.05, 4.69) is 5.32 Å². The zero-order chi connectivity index (χ0) is 14.6. The van der Waals surface area contributed by atoms with E-state index in [0.717, 1.165) is 12.8 Å². The van der Waals surface area contributed by atoms with Gasteiger partial charge in [0.1, 0.15) is 5.41 Å². The van der Waals surface area contributed by atoms with Gasteiger partial charge in [0, 0.05) is 12.5 Å². The molecule has 0 radical (unpaired) electrons. The molecule has 1 aromatic carbocycles. The van der Waals surface area contributed by atoms with E-state index in [0.29, 0.717) is 5.56 Å².